The van der Waals surface area contributed by atoms with Gasteiger partial charge in [-0.1, -0.05) is 29.8 Å². The van der Waals surface area contributed by atoms with Crippen LogP contribution in [0.25, 0.3) is 0 Å². The standard InChI is InChI=1S/C14H14ClNO2S/c15-11-7-4-6-10(9-11)5-2-1-3-8-12-13(17)16-14(18)19-12/h4,6-9H,1-3,5H2,(H,16,17,18). The van der Waals surface area contributed by atoms with Gasteiger partial charge in [0, 0.05) is 5.02 Å². The average Bonchev–Trinajstić information content (AvgIpc) is 2.68. The number of aryl methyl sites for hydroxylation is 1. The molecule has 0 spiro atoms. The number of nitrogens with one attached hydrogen (secondary N) is 1. The molecule has 0 aliphatic carbocycles. The maximum absolute atomic E-state index is 11.3. The van der Waals surface area contributed by atoms with E-state index in [1.54, 1.807) is 0 Å². The Kier molecular flexibility index (Phi) is 5.05. The highest BCUT2D eigenvalue weighted by Crippen LogP contribution is 2.23. The zero-order chi connectivity index (χ0) is 13.7. The van der Waals surface area contributed by atoms with E-state index in [1.165, 1.54) is 5.56 Å². The molecule has 0 radical (unpaired) electrons. The van der Waals surface area contributed by atoms with Crippen LogP contribution >= 0.6 is 23.4 Å². The third-order valence-electron chi connectivity index (χ3n) is 2.78. The lowest BCUT2D eigenvalue weighted by Gasteiger charge is -2.01. The first kappa shape index (κ1) is 14.2. The van der Waals surface area contributed by atoms with Gasteiger partial charge in [0.25, 0.3) is 11.1 Å². The van der Waals surface area contributed by atoms with Crippen LogP contribution in [-0.2, 0) is 11.2 Å². The number of unbranched alkanes of at least 4 members (excludes halogenated alkanes) is 2. The van der Waals surface area contributed by atoms with E-state index in [2.05, 4.69) is 11.4 Å². The van der Waals surface area contributed by atoms with E-state index in [0.717, 1.165) is 42.5 Å². The molecule has 100 valence electrons. The lowest BCUT2D eigenvalue weighted by Crippen LogP contribution is -2.17. The molecule has 1 aliphatic rings. The molecule has 1 fully saturated rings. The maximum atomic E-state index is 11.3. The monoisotopic (exact) mass is 295 g/mol. The van der Waals surface area contributed by atoms with Crippen molar-refractivity contribution in [3.05, 3.63) is 45.8 Å². The summed E-state index contributed by atoms with van der Waals surface area (Å²) in [5, 5.41) is 2.72. The first-order chi connectivity index (χ1) is 9.15. The Hall–Kier alpha value is -1.26. The molecule has 1 N–H and O–H groups in total. The Morgan fingerprint density at radius 1 is 1.26 bits per heavy atom. The number of allylic oxidation sites excluding steroid dienone is 1. The van der Waals surface area contributed by atoms with Gasteiger partial charge in [-0.2, -0.15) is 0 Å². The van der Waals surface area contributed by atoms with Gasteiger partial charge in [-0.3, -0.25) is 14.9 Å². The molecular formula is C14H14ClNO2S. The van der Waals surface area contributed by atoms with E-state index >= 15 is 0 Å². The molecule has 0 saturated carbocycles. The van der Waals surface area contributed by atoms with Gasteiger partial charge in [-0.05, 0) is 55.1 Å². The zero-order valence-corrected chi connectivity index (χ0v) is 11.9. The zero-order valence-electron chi connectivity index (χ0n) is 10.3. The Morgan fingerprint density at radius 2 is 2.11 bits per heavy atom. The van der Waals surface area contributed by atoms with Crippen LogP contribution in [0, 0.1) is 0 Å². The van der Waals surface area contributed by atoms with Crippen LogP contribution in [0.2, 0.25) is 5.02 Å². The van der Waals surface area contributed by atoms with Crippen molar-refractivity contribution in [3.8, 4) is 0 Å². The summed E-state index contributed by atoms with van der Waals surface area (Å²) in [4.78, 5) is 22.7. The minimum Gasteiger partial charge on any atom is -0.282 e. The van der Waals surface area contributed by atoms with Crippen LogP contribution in [0.3, 0.4) is 0 Å². The van der Waals surface area contributed by atoms with Crippen LogP contribution in [0.5, 0.6) is 0 Å². The van der Waals surface area contributed by atoms with Gasteiger partial charge in [-0.15, -0.1) is 0 Å². The molecule has 1 aromatic carbocycles. The molecule has 1 aromatic rings. The normalized spacial score (nSPS) is 17.0. The van der Waals surface area contributed by atoms with E-state index in [4.69, 9.17) is 11.6 Å². The highest BCUT2D eigenvalue weighted by molar-refractivity contribution is 8.18. The molecule has 0 unspecified atom stereocenters. The third kappa shape index (κ3) is 4.40. The maximum Gasteiger partial charge on any atom is 0.290 e. The van der Waals surface area contributed by atoms with Crippen molar-refractivity contribution in [1.82, 2.24) is 5.32 Å². The summed E-state index contributed by atoms with van der Waals surface area (Å²) in [6.07, 6.45) is 5.64. The second kappa shape index (κ2) is 6.78. The minimum atomic E-state index is -0.282. The highest BCUT2D eigenvalue weighted by atomic mass is 35.5. The quantitative estimate of drug-likeness (QED) is 0.661. The van der Waals surface area contributed by atoms with Crippen molar-refractivity contribution < 1.29 is 9.59 Å². The van der Waals surface area contributed by atoms with Gasteiger partial charge < -0.3 is 0 Å². The van der Waals surface area contributed by atoms with Gasteiger partial charge in [0.15, 0.2) is 0 Å². The second-order valence-electron chi connectivity index (χ2n) is 4.29. The molecule has 2 amide bonds. The number of halogens is 1. The van der Waals surface area contributed by atoms with Crippen molar-refractivity contribution in [2.24, 2.45) is 0 Å². The van der Waals surface area contributed by atoms with Crippen LogP contribution in [0.15, 0.2) is 35.2 Å². The summed E-state index contributed by atoms with van der Waals surface area (Å²) in [7, 11) is 0. The number of carbonyl (C=O) groups is 2. The molecule has 0 aromatic heterocycles. The summed E-state index contributed by atoms with van der Waals surface area (Å²) < 4.78 is 0. The third-order valence-corrected chi connectivity index (χ3v) is 3.87. The van der Waals surface area contributed by atoms with E-state index in [9.17, 15) is 9.59 Å². The number of benzene rings is 1. The van der Waals surface area contributed by atoms with E-state index < -0.39 is 0 Å². The fourth-order valence-corrected chi connectivity index (χ4v) is 2.76. The minimum absolute atomic E-state index is 0.273. The van der Waals surface area contributed by atoms with Crippen LogP contribution in [-0.4, -0.2) is 11.1 Å². The number of hydrogen-bond donors (Lipinski definition) is 1. The molecule has 1 aliphatic heterocycles. The molecule has 3 nitrogen and oxygen atoms in total. The smallest absolute Gasteiger partial charge is 0.282 e. The Balaban J connectivity index is 1.71. The predicted octanol–water partition coefficient (Wildman–Crippen LogP) is 3.92. The predicted molar refractivity (Wildman–Crippen MR) is 78.2 cm³/mol. The van der Waals surface area contributed by atoms with Crippen molar-refractivity contribution in [2.75, 3.05) is 0 Å². The Labute approximate surface area is 121 Å². The molecule has 1 saturated heterocycles. The summed E-state index contributed by atoms with van der Waals surface area (Å²) >= 11 is 6.89. The fraction of sp³-hybridized carbons (Fsp3) is 0.286. The summed E-state index contributed by atoms with van der Waals surface area (Å²) in [6.45, 7) is 0. The Bertz CT molecular complexity index is 528. The second-order valence-corrected chi connectivity index (χ2v) is 5.74. The number of rotatable bonds is 5. The van der Waals surface area contributed by atoms with E-state index in [1.807, 2.05) is 24.3 Å². The van der Waals surface area contributed by atoms with Gasteiger partial charge in [-0.25, -0.2) is 0 Å². The van der Waals surface area contributed by atoms with Crippen LogP contribution in [0.1, 0.15) is 24.8 Å². The molecule has 1 heterocycles. The lowest BCUT2D eigenvalue weighted by molar-refractivity contribution is -0.115. The van der Waals surface area contributed by atoms with Crippen molar-refractivity contribution in [3.63, 3.8) is 0 Å². The van der Waals surface area contributed by atoms with Gasteiger partial charge >= 0.3 is 0 Å². The molecule has 5 heteroatoms. The molecule has 19 heavy (non-hydrogen) atoms. The lowest BCUT2D eigenvalue weighted by atomic mass is 10.1. The largest absolute Gasteiger partial charge is 0.290 e. The molecule has 2 rings (SSSR count). The molecule has 0 atom stereocenters. The van der Waals surface area contributed by atoms with Crippen molar-refractivity contribution >= 4 is 34.5 Å². The number of thioether (sulfide) groups is 1. The van der Waals surface area contributed by atoms with E-state index in [0.29, 0.717) is 4.91 Å². The molecular weight excluding hydrogens is 282 g/mol. The SMILES string of the molecule is O=C1NC(=O)C(=CCCCCc2cccc(Cl)c2)S1. The summed E-state index contributed by atoms with van der Waals surface area (Å²) in [6, 6.07) is 7.84. The fourth-order valence-electron chi connectivity index (χ4n) is 1.86. The first-order valence-corrected chi connectivity index (χ1v) is 7.32. The molecule has 0 bridgehead atoms. The van der Waals surface area contributed by atoms with Crippen molar-refractivity contribution in [1.29, 1.82) is 0 Å². The van der Waals surface area contributed by atoms with Crippen LogP contribution in [0.4, 0.5) is 4.79 Å². The summed E-state index contributed by atoms with van der Waals surface area (Å²) in [5.74, 6) is -0.273. The average molecular weight is 296 g/mol. The Morgan fingerprint density at radius 3 is 2.79 bits per heavy atom. The number of carbonyl (C=O) groups excluding carboxylic acids is 2. The van der Waals surface area contributed by atoms with Gasteiger partial charge in [0.2, 0.25) is 0 Å². The highest BCUT2D eigenvalue weighted by Gasteiger charge is 2.24. The summed E-state index contributed by atoms with van der Waals surface area (Å²) in [5.41, 5.74) is 1.23. The number of amides is 2. The number of hydrogen-bond acceptors (Lipinski definition) is 3. The van der Waals surface area contributed by atoms with Crippen molar-refractivity contribution in [2.45, 2.75) is 25.7 Å². The number of imide groups is 1. The first-order valence-electron chi connectivity index (χ1n) is 6.13. The van der Waals surface area contributed by atoms with Gasteiger partial charge in [0.1, 0.15) is 0 Å². The van der Waals surface area contributed by atoms with Gasteiger partial charge in [0.05, 0.1) is 4.91 Å². The van der Waals surface area contributed by atoms with E-state index in [-0.39, 0.29) is 11.1 Å². The topological polar surface area (TPSA) is 46.2 Å². The van der Waals surface area contributed by atoms with Crippen LogP contribution < -0.4 is 5.32 Å².